The number of hydrogen-bond acceptors (Lipinski definition) is 3. The molecule has 0 saturated heterocycles. The highest BCUT2D eigenvalue weighted by Gasteiger charge is 2.32. The summed E-state index contributed by atoms with van der Waals surface area (Å²) in [5.41, 5.74) is 0.970. The Morgan fingerprint density at radius 3 is 2.64 bits per heavy atom. The molecule has 1 heterocycles. The molecule has 0 bridgehead atoms. The van der Waals surface area contributed by atoms with E-state index in [1.54, 1.807) is 0 Å². The molecule has 2 aromatic carbocycles. The van der Waals surface area contributed by atoms with Crippen molar-refractivity contribution in [3.8, 4) is 11.4 Å². The molecule has 0 radical (unpaired) electrons. The summed E-state index contributed by atoms with van der Waals surface area (Å²) in [6.07, 6.45) is -3.33. The molecular weight excluding hydrogens is 349 g/mol. The normalized spacial score (nSPS) is 12.0. The van der Waals surface area contributed by atoms with Crippen molar-refractivity contribution in [3.63, 3.8) is 0 Å². The van der Waals surface area contributed by atoms with Crippen molar-refractivity contribution in [1.29, 1.82) is 0 Å². The Bertz CT molecular complexity index is 986. The highest BCUT2D eigenvalue weighted by Crippen LogP contribution is 2.31. The van der Waals surface area contributed by atoms with Crippen molar-refractivity contribution in [1.82, 2.24) is 14.9 Å². The summed E-state index contributed by atoms with van der Waals surface area (Å²) in [6.45, 7) is 1.93. The number of aromatic amines is 1. The van der Waals surface area contributed by atoms with Gasteiger partial charge >= 0.3 is 6.18 Å². The van der Waals surface area contributed by atoms with Crippen molar-refractivity contribution in [2.45, 2.75) is 13.1 Å². The lowest BCUT2D eigenvalue weighted by molar-refractivity contribution is -0.137. The number of aryl methyl sites for hydroxylation is 1. The quantitative estimate of drug-likeness (QED) is 0.536. The number of hydrogen-bond donors (Lipinski definition) is 1. The Labute approximate surface area is 146 Å². The second-order valence-corrected chi connectivity index (χ2v) is 5.75. The van der Waals surface area contributed by atoms with Crippen molar-refractivity contribution in [2.24, 2.45) is 5.10 Å². The molecule has 3 aromatic rings. The minimum absolute atomic E-state index is 0.0479. The van der Waals surface area contributed by atoms with Crippen LogP contribution in [0.4, 0.5) is 13.2 Å². The van der Waals surface area contributed by atoms with Gasteiger partial charge in [-0.2, -0.15) is 28.0 Å². The average molecular weight is 362 g/mol. The van der Waals surface area contributed by atoms with Crippen LogP contribution in [0.15, 0.2) is 53.6 Å². The van der Waals surface area contributed by atoms with Gasteiger partial charge in [0.05, 0.1) is 11.8 Å². The molecule has 0 aliphatic carbocycles. The Morgan fingerprint density at radius 1 is 1.16 bits per heavy atom. The zero-order valence-electron chi connectivity index (χ0n) is 13.1. The lowest BCUT2D eigenvalue weighted by Gasteiger charge is -2.09. The number of benzene rings is 2. The molecule has 0 fully saturated rings. The van der Waals surface area contributed by atoms with Crippen LogP contribution < -0.4 is 0 Å². The maximum absolute atomic E-state index is 13.1. The minimum Gasteiger partial charge on any atom is -0.250 e. The summed E-state index contributed by atoms with van der Waals surface area (Å²) in [7, 11) is 0. The first-order valence-corrected chi connectivity index (χ1v) is 7.72. The topological polar surface area (TPSA) is 46.0 Å². The predicted molar refractivity (Wildman–Crippen MR) is 92.0 cm³/mol. The van der Waals surface area contributed by atoms with Gasteiger partial charge < -0.3 is 0 Å². The molecule has 1 aromatic heterocycles. The van der Waals surface area contributed by atoms with E-state index in [9.17, 15) is 13.2 Å². The Balaban J connectivity index is 2.05. The van der Waals surface area contributed by atoms with Gasteiger partial charge in [-0.15, -0.1) is 0 Å². The van der Waals surface area contributed by atoms with Gasteiger partial charge in [-0.3, -0.25) is 0 Å². The molecule has 0 aliphatic heterocycles. The number of nitrogens with zero attached hydrogens (tertiary/aromatic N) is 3. The highest BCUT2D eigenvalue weighted by atomic mass is 32.1. The lowest BCUT2D eigenvalue weighted by Crippen LogP contribution is -2.09. The summed E-state index contributed by atoms with van der Waals surface area (Å²) in [5.74, 6) is 0.425. The van der Waals surface area contributed by atoms with Crippen LogP contribution in [0.3, 0.4) is 0 Å². The Hall–Kier alpha value is -2.74. The number of H-pyrrole nitrogens is 1. The third-order valence-corrected chi connectivity index (χ3v) is 3.77. The van der Waals surface area contributed by atoms with E-state index in [0.29, 0.717) is 5.82 Å². The fraction of sp³-hybridized carbons (Fsp3) is 0.118. The van der Waals surface area contributed by atoms with Crippen LogP contribution in [-0.2, 0) is 6.18 Å². The van der Waals surface area contributed by atoms with Crippen LogP contribution in [0.5, 0.6) is 0 Å². The van der Waals surface area contributed by atoms with Crippen LogP contribution in [-0.4, -0.2) is 21.1 Å². The fourth-order valence-electron chi connectivity index (χ4n) is 2.36. The van der Waals surface area contributed by atoms with Crippen molar-refractivity contribution in [2.75, 3.05) is 0 Å². The Morgan fingerprint density at radius 2 is 1.92 bits per heavy atom. The number of halogens is 3. The number of rotatable bonds is 3. The summed E-state index contributed by atoms with van der Waals surface area (Å²) in [6, 6.07) is 12.7. The number of alkyl halides is 3. The average Bonchev–Trinajstić information content (AvgIpc) is 2.93. The molecule has 25 heavy (non-hydrogen) atoms. The maximum Gasteiger partial charge on any atom is 0.417 e. The monoisotopic (exact) mass is 362 g/mol. The van der Waals surface area contributed by atoms with Gasteiger partial charge in [-0.05, 0) is 31.3 Å². The Kier molecular flexibility index (Phi) is 4.54. The highest BCUT2D eigenvalue weighted by molar-refractivity contribution is 7.71. The van der Waals surface area contributed by atoms with E-state index in [0.717, 1.165) is 23.4 Å². The van der Waals surface area contributed by atoms with Gasteiger partial charge in [0.2, 0.25) is 4.77 Å². The first-order valence-electron chi connectivity index (χ1n) is 7.31. The van der Waals surface area contributed by atoms with E-state index >= 15 is 0 Å². The molecule has 0 aliphatic rings. The smallest absolute Gasteiger partial charge is 0.250 e. The molecule has 4 nitrogen and oxygen atoms in total. The summed E-state index contributed by atoms with van der Waals surface area (Å²) in [5, 5.41) is 10.8. The fourth-order valence-corrected chi connectivity index (χ4v) is 2.54. The summed E-state index contributed by atoms with van der Waals surface area (Å²) < 4.78 is 40.7. The molecule has 0 unspecified atom stereocenters. The van der Waals surface area contributed by atoms with Gasteiger partial charge in [-0.1, -0.05) is 42.0 Å². The molecule has 128 valence electrons. The van der Waals surface area contributed by atoms with Gasteiger partial charge in [0.25, 0.3) is 0 Å². The molecular formula is C17H13F3N4S. The van der Waals surface area contributed by atoms with E-state index in [1.807, 2.05) is 31.2 Å². The molecule has 3 rings (SSSR count). The van der Waals surface area contributed by atoms with Gasteiger partial charge in [0.1, 0.15) is 0 Å². The van der Waals surface area contributed by atoms with Crippen molar-refractivity contribution < 1.29 is 13.2 Å². The summed E-state index contributed by atoms with van der Waals surface area (Å²) >= 11 is 5.14. The van der Waals surface area contributed by atoms with Crippen molar-refractivity contribution in [3.05, 3.63) is 70.0 Å². The van der Waals surface area contributed by atoms with E-state index < -0.39 is 11.7 Å². The molecule has 8 heteroatoms. The third kappa shape index (κ3) is 3.69. The van der Waals surface area contributed by atoms with Crippen molar-refractivity contribution >= 4 is 18.4 Å². The predicted octanol–water partition coefficient (Wildman–Crippen LogP) is 4.82. The molecule has 0 amide bonds. The molecule has 0 atom stereocenters. The third-order valence-electron chi connectivity index (χ3n) is 3.51. The van der Waals surface area contributed by atoms with E-state index in [2.05, 4.69) is 15.3 Å². The van der Waals surface area contributed by atoms with E-state index in [-0.39, 0.29) is 10.3 Å². The molecule has 0 saturated carbocycles. The molecule has 1 N–H and O–H groups in total. The maximum atomic E-state index is 13.1. The standard InChI is InChI=1S/C17H13F3N4S/c1-11-5-4-7-12(9-11)15-22-23-16(25)24(15)21-10-13-6-2-3-8-14(13)17(18,19)20/h2-10H,1H3,(H,23,25). The summed E-state index contributed by atoms with van der Waals surface area (Å²) in [4.78, 5) is 0. The van der Waals surface area contributed by atoms with Crippen LogP contribution in [0.2, 0.25) is 0 Å². The molecule has 0 spiro atoms. The van der Waals surface area contributed by atoms with Crippen LogP contribution in [0.25, 0.3) is 11.4 Å². The zero-order valence-corrected chi connectivity index (χ0v) is 13.9. The van der Waals surface area contributed by atoms with E-state index in [1.165, 1.54) is 22.9 Å². The first-order chi connectivity index (χ1) is 11.9. The van der Waals surface area contributed by atoms with Crippen LogP contribution in [0, 0.1) is 11.7 Å². The minimum atomic E-state index is -4.46. The number of aromatic nitrogens is 3. The largest absolute Gasteiger partial charge is 0.417 e. The second-order valence-electron chi connectivity index (χ2n) is 5.36. The van der Waals surface area contributed by atoms with Gasteiger partial charge in [-0.25, -0.2) is 5.10 Å². The van der Waals surface area contributed by atoms with Gasteiger partial charge in [0.15, 0.2) is 5.82 Å². The first kappa shape index (κ1) is 17.1. The lowest BCUT2D eigenvalue weighted by atomic mass is 10.1. The van der Waals surface area contributed by atoms with E-state index in [4.69, 9.17) is 12.2 Å². The van der Waals surface area contributed by atoms with Gasteiger partial charge in [0, 0.05) is 11.1 Å². The van der Waals surface area contributed by atoms with Crippen LogP contribution >= 0.6 is 12.2 Å². The SMILES string of the molecule is Cc1cccc(-c2n[nH]c(=S)n2N=Cc2ccccc2C(F)(F)F)c1. The zero-order chi connectivity index (χ0) is 18.0. The van der Waals surface area contributed by atoms with Crippen LogP contribution in [0.1, 0.15) is 16.7 Å². The second kappa shape index (κ2) is 6.64. The number of nitrogens with one attached hydrogen (secondary N) is 1.